The van der Waals surface area contributed by atoms with Gasteiger partial charge in [-0.25, -0.2) is 0 Å². The maximum Gasteiger partial charge on any atom is 0.308 e. The summed E-state index contributed by atoms with van der Waals surface area (Å²) in [6.45, 7) is 8.03. The minimum atomic E-state index is -0.737. The molecule has 0 unspecified atom stereocenters. The first-order valence-corrected chi connectivity index (χ1v) is 9.72. The molecule has 4 saturated heterocycles. The number of hydrogen-bond acceptors (Lipinski definition) is 8. The second-order valence-corrected chi connectivity index (χ2v) is 8.65. The second-order valence-electron chi connectivity index (χ2n) is 8.65. The van der Waals surface area contributed by atoms with Crippen LogP contribution in [0, 0.1) is 0 Å². The molecule has 0 bridgehead atoms. The lowest BCUT2D eigenvalue weighted by Crippen LogP contribution is -2.62. The number of carbonyl (C=O) groups excluding carboxylic acids is 1. The zero-order valence-corrected chi connectivity index (χ0v) is 16.6. The van der Waals surface area contributed by atoms with Crippen LogP contribution in [0.4, 0.5) is 0 Å². The van der Waals surface area contributed by atoms with Crippen molar-refractivity contribution in [1.29, 1.82) is 0 Å². The first kappa shape index (κ1) is 19.5. The molecular weight excluding hydrogens is 356 g/mol. The van der Waals surface area contributed by atoms with Gasteiger partial charge in [-0.3, -0.25) is 4.79 Å². The molecule has 0 aromatic rings. The van der Waals surface area contributed by atoms with E-state index in [-0.39, 0.29) is 55.1 Å². The molecule has 4 fully saturated rings. The molecule has 0 aromatic carbocycles. The van der Waals surface area contributed by atoms with Gasteiger partial charge in [0.2, 0.25) is 0 Å². The van der Waals surface area contributed by atoms with Gasteiger partial charge >= 0.3 is 5.97 Å². The average molecular weight is 386 g/mol. The smallest absolute Gasteiger partial charge is 0.308 e. The van der Waals surface area contributed by atoms with Crippen molar-refractivity contribution in [3.05, 3.63) is 0 Å². The van der Waals surface area contributed by atoms with E-state index >= 15 is 0 Å². The lowest BCUT2D eigenvalue weighted by atomic mass is 9.87. The Labute approximate surface area is 159 Å². The Morgan fingerprint density at radius 2 is 1.56 bits per heavy atom. The van der Waals surface area contributed by atoms with Gasteiger partial charge in [0.05, 0.1) is 32.3 Å². The molecule has 8 heteroatoms. The van der Waals surface area contributed by atoms with E-state index in [0.717, 1.165) is 12.8 Å². The lowest BCUT2D eigenvalue weighted by Gasteiger charge is -2.47. The van der Waals surface area contributed by atoms with Gasteiger partial charge in [-0.2, -0.15) is 0 Å². The Hall–Kier alpha value is -0.770. The molecule has 8 nitrogen and oxygen atoms in total. The Morgan fingerprint density at radius 1 is 0.889 bits per heavy atom. The summed E-state index contributed by atoms with van der Waals surface area (Å²) < 4.78 is 41.6. The van der Waals surface area contributed by atoms with Crippen LogP contribution in [0.5, 0.6) is 0 Å². The molecule has 0 amide bonds. The van der Waals surface area contributed by atoms with Gasteiger partial charge < -0.3 is 33.2 Å². The molecule has 0 saturated carbocycles. The van der Waals surface area contributed by atoms with Crippen LogP contribution in [0.25, 0.3) is 0 Å². The van der Waals surface area contributed by atoms with Crippen LogP contribution in [0.2, 0.25) is 0 Å². The monoisotopic (exact) mass is 386 g/mol. The number of methoxy groups -OCH3 is 1. The fourth-order valence-electron chi connectivity index (χ4n) is 4.53. The Kier molecular flexibility index (Phi) is 5.02. The molecule has 4 rings (SSSR count). The molecule has 0 radical (unpaired) electrons. The van der Waals surface area contributed by atoms with Crippen molar-refractivity contribution in [3.8, 4) is 0 Å². The molecule has 27 heavy (non-hydrogen) atoms. The summed E-state index contributed by atoms with van der Waals surface area (Å²) >= 11 is 0. The standard InChI is InChI=1S/C19H30O8/c1-18(2)22-9-12(25-18)15-17-16(26-19(3,4)27-17)14-11(24-15)7-6-10(23-14)8-13(20)21-5/h10-12,14-17H,6-9H2,1-5H3/t10-,11+,12+,14+,15+,16+,17-/m1/s1. The van der Waals surface area contributed by atoms with E-state index < -0.39 is 11.6 Å². The highest BCUT2D eigenvalue weighted by molar-refractivity contribution is 5.69. The van der Waals surface area contributed by atoms with Crippen molar-refractivity contribution >= 4 is 5.97 Å². The van der Waals surface area contributed by atoms with Gasteiger partial charge in [0, 0.05) is 0 Å². The molecular formula is C19H30O8. The minimum absolute atomic E-state index is 0.130. The van der Waals surface area contributed by atoms with E-state index in [1.54, 1.807) is 0 Å². The summed E-state index contributed by atoms with van der Waals surface area (Å²) in [5, 5.41) is 0. The second kappa shape index (κ2) is 6.93. The molecule has 154 valence electrons. The number of esters is 1. The number of ether oxygens (including phenoxy) is 7. The predicted octanol–water partition coefficient (Wildman–Crippen LogP) is 1.54. The number of hydrogen-bond donors (Lipinski definition) is 0. The Balaban J connectivity index is 1.52. The third kappa shape index (κ3) is 3.88. The molecule has 0 aromatic heterocycles. The summed E-state index contributed by atoms with van der Waals surface area (Å²) in [4.78, 5) is 11.6. The van der Waals surface area contributed by atoms with Crippen LogP contribution >= 0.6 is 0 Å². The van der Waals surface area contributed by atoms with Gasteiger partial charge in [-0.05, 0) is 40.5 Å². The van der Waals surface area contributed by atoms with E-state index in [1.165, 1.54) is 7.11 Å². The van der Waals surface area contributed by atoms with E-state index in [4.69, 9.17) is 33.2 Å². The van der Waals surface area contributed by atoms with Gasteiger partial charge in [0.1, 0.15) is 30.5 Å². The van der Waals surface area contributed by atoms with Crippen LogP contribution in [-0.4, -0.2) is 74.0 Å². The van der Waals surface area contributed by atoms with Crippen LogP contribution in [-0.2, 0) is 38.0 Å². The van der Waals surface area contributed by atoms with Crippen molar-refractivity contribution < 1.29 is 38.0 Å². The first-order valence-electron chi connectivity index (χ1n) is 9.72. The van der Waals surface area contributed by atoms with Crippen molar-refractivity contribution in [2.75, 3.05) is 13.7 Å². The van der Waals surface area contributed by atoms with Crippen molar-refractivity contribution in [1.82, 2.24) is 0 Å². The van der Waals surface area contributed by atoms with Gasteiger partial charge in [-0.1, -0.05) is 0 Å². The van der Waals surface area contributed by atoms with Crippen LogP contribution in [0.15, 0.2) is 0 Å². The number of fused-ring (bicyclic) bond motifs is 3. The molecule has 0 spiro atoms. The van der Waals surface area contributed by atoms with Crippen molar-refractivity contribution in [3.63, 3.8) is 0 Å². The highest BCUT2D eigenvalue weighted by atomic mass is 16.8. The van der Waals surface area contributed by atoms with Crippen LogP contribution < -0.4 is 0 Å². The van der Waals surface area contributed by atoms with Crippen LogP contribution in [0.1, 0.15) is 47.0 Å². The van der Waals surface area contributed by atoms with Gasteiger partial charge in [0.15, 0.2) is 11.6 Å². The quantitative estimate of drug-likeness (QED) is 0.676. The molecule has 4 aliphatic rings. The SMILES string of the molecule is COC(=O)C[C@H]1CC[C@@H]2O[C@@H]([C@@H]3COC(C)(C)O3)[C@H]3OC(C)(C)O[C@H]3[C@H]2O1. The van der Waals surface area contributed by atoms with Gasteiger partial charge in [0.25, 0.3) is 0 Å². The largest absolute Gasteiger partial charge is 0.469 e. The topological polar surface area (TPSA) is 81.7 Å². The summed E-state index contributed by atoms with van der Waals surface area (Å²) in [5.41, 5.74) is 0. The third-order valence-electron chi connectivity index (χ3n) is 5.65. The number of rotatable bonds is 3. The normalized spacial score (nSPS) is 45.1. The molecule has 4 heterocycles. The van der Waals surface area contributed by atoms with Crippen molar-refractivity contribution in [2.45, 2.75) is 101 Å². The fourth-order valence-corrected chi connectivity index (χ4v) is 4.53. The zero-order chi connectivity index (χ0) is 19.4. The zero-order valence-electron chi connectivity index (χ0n) is 16.6. The maximum atomic E-state index is 11.6. The van der Waals surface area contributed by atoms with Crippen molar-refractivity contribution in [2.24, 2.45) is 0 Å². The fraction of sp³-hybridized carbons (Fsp3) is 0.947. The molecule has 4 aliphatic heterocycles. The average Bonchev–Trinajstić information content (AvgIpc) is 3.12. The maximum absolute atomic E-state index is 11.6. The first-order chi connectivity index (χ1) is 12.7. The summed E-state index contributed by atoms with van der Waals surface area (Å²) in [6, 6.07) is 0. The summed E-state index contributed by atoms with van der Waals surface area (Å²) in [7, 11) is 1.39. The predicted molar refractivity (Wildman–Crippen MR) is 91.9 cm³/mol. The summed E-state index contributed by atoms with van der Waals surface area (Å²) in [5.74, 6) is -1.64. The highest BCUT2D eigenvalue weighted by Gasteiger charge is 2.59. The lowest BCUT2D eigenvalue weighted by molar-refractivity contribution is -0.260. The van der Waals surface area contributed by atoms with Crippen LogP contribution in [0.3, 0.4) is 0 Å². The molecule has 7 atom stereocenters. The molecule has 0 aliphatic carbocycles. The minimum Gasteiger partial charge on any atom is -0.469 e. The van der Waals surface area contributed by atoms with E-state index in [1.807, 2.05) is 27.7 Å². The number of carbonyl (C=O) groups is 1. The Morgan fingerprint density at radius 3 is 2.15 bits per heavy atom. The Bertz CT molecular complexity index is 576. The van der Waals surface area contributed by atoms with E-state index in [9.17, 15) is 4.79 Å². The van der Waals surface area contributed by atoms with Gasteiger partial charge in [-0.15, -0.1) is 0 Å². The third-order valence-corrected chi connectivity index (χ3v) is 5.65. The van der Waals surface area contributed by atoms with E-state index in [2.05, 4.69) is 0 Å². The molecule has 0 N–H and O–H groups in total. The summed E-state index contributed by atoms with van der Waals surface area (Å²) in [6.07, 6.45) is 0.0266. The van der Waals surface area contributed by atoms with E-state index in [0.29, 0.717) is 6.61 Å². The highest BCUT2D eigenvalue weighted by Crippen LogP contribution is 2.44.